The van der Waals surface area contributed by atoms with Crippen LogP contribution < -0.4 is 10.6 Å². The number of halogens is 1. The molecule has 0 spiro atoms. The molecule has 0 fully saturated rings. The van der Waals surface area contributed by atoms with Crippen molar-refractivity contribution in [3.63, 3.8) is 0 Å². The number of rotatable bonds is 6. The summed E-state index contributed by atoms with van der Waals surface area (Å²) in [6.07, 6.45) is 0.189. The number of carbonyl (C=O) groups is 2. The maximum Gasteiger partial charge on any atom is 0.230 e. The van der Waals surface area contributed by atoms with E-state index >= 15 is 0 Å². The fourth-order valence-corrected chi connectivity index (χ4v) is 3.93. The molecule has 2 aromatic carbocycles. The summed E-state index contributed by atoms with van der Waals surface area (Å²) in [6, 6.07) is 18.9. The van der Waals surface area contributed by atoms with Gasteiger partial charge in [0.05, 0.1) is 22.4 Å². The van der Waals surface area contributed by atoms with E-state index in [-0.39, 0.29) is 29.9 Å². The normalized spacial score (nSPS) is 16.3. The van der Waals surface area contributed by atoms with Gasteiger partial charge in [0.1, 0.15) is 0 Å². The molecular weight excluding hydrogens is 394 g/mol. The lowest BCUT2D eigenvalue weighted by atomic mass is 9.87. The zero-order chi connectivity index (χ0) is 19.9. The van der Waals surface area contributed by atoms with E-state index in [1.807, 2.05) is 42.5 Å². The Kier molecular flexibility index (Phi) is 6.75. The molecule has 0 aliphatic carbocycles. The second kappa shape index (κ2) is 9.45. The zero-order valence-corrected chi connectivity index (χ0v) is 16.5. The molecule has 0 saturated heterocycles. The number of nitrogens with zero attached hydrogens (tertiary/aromatic N) is 1. The first-order chi connectivity index (χ1) is 13.6. The first-order valence-corrected chi connectivity index (χ1v) is 10.1. The number of carbonyl (C=O) groups excluding carboxylic acids is 2. The lowest BCUT2D eigenvalue weighted by Crippen LogP contribution is -2.32. The molecule has 2 amide bonds. The molecule has 28 heavy (non-hydrogen) atoms. The number of allylic oxidation sites excluding steroid dienone is 1. The van der Waals surface area contributed by atoms with Gasteiger partial charge in [-0.15, -0.1) is 0 Å². The quantitative estimate of drug-likeness (QED) is 0.758. The van der Waals surface area contributed by atoms with Gasteiger partial charge in [-0.3, -0.25) is 9.59 Å². The minimum absolute atomic E-state index is 0.112. The molecule has 0 radical (unpaired) electrons. The van der Waals surface area contributed by atoms with Crippen molar-refractivity contribution in [2.75, 3.05) is 5.75 Å². The summed E-state index contributed by atoms with van der Waals surface area (Å²) in [4.78, 5) is 24.3. The van der Waals surface area contributed by atoms with Crippen LogP contribution in [-0.4, -0.2) is 17.6 Å². The SMILES string of the molecule is N#CC1=C(SCC(=O)NCc2ccccc2)NC(=O)C[C@@H]1c1ccc(Cl)cc1. The molecule has 1 heterocycles. The molecule has 5 nitrogen and oxygen atoms in total. The fraction of sp³-hybridized carbons (Fsp3) is 0.190. The summed E-state index contributed by atoms with van der Waals surface area (Å²) < 4.78 is 0. The molecular formula is C21H18ClN3O2S. The Morgan fingerprint density at radius 1 is 1.21 bits per heavy atom. The minimum atomic E-state index is -0.342. The largest absolute Gasteiger partial charge is 0.351 e. The highest BCUT2D eigenvalue weighted by Crippen LogP contribution is 2.36. The topological polar surface area (TPSA) is 82.0 Å². The average Bonchev–Trinajstić information content (AvgIpc) is 2.71. The Morgan fingerprint density at radius 3 is 2.61 bits per heavy atom. The molecule has 0 bridgehead atoms. The van der Waals surface area contributed by atoms with Gasteiger partial charge >= 0.3 is 0 Å². The van der Waals surface area contributed by atoms with Crippen LogP contribution in [-0.2, 0) is 16.1 Å². The van der Waals surface area contributed by atoms with E-state index in [1.165, 1.54) is 11.8 Å². The first-order valence-electron chi connectivity index (χ1n) is 8.70. The monoisotopic (exact) mass is 411 g/mol. The molecule has 1 atom stereocenters. The first kappa shape index (κ1) is 20.0. The third-order valence-electron chi connectivity index (χ3n) is 4.31. The molecule has 1 aliphatic rings. The Balaban J connectivity index is 1.68. The van der Waals surface area contributed by atoms with Gasteiger partial charge in [-0.2, -0.15) is 5.26 Å². The number of amides is 2. The van der Waals surface area contributed by atoms with Crippen LogP contribution in [0.15, 0.2) is 65.2 Å². The maximum absolute atomic E-state index is 12.2. The third kappa shape index (κ3) is 5.16. The predicted octanol–water partition coefficient (Wildman–Crippen LogP) is 3.73. The standard InChI is InChI=1S/C21H18ClN3O2S/c22-16-8-6-15(7-9-16)17-10-19(26)25-21(18(17)11-23)28-13-20(27)24-12-14-4-2-1-3-5-14/h1-9,17H,10,12-13H2,(H,24,27)(H,25,26)/t17-/m1/s1. The van der Waals surface area contributed by atoms with E-state index < -0.39 is 0 Å². The Morgan fingerprint density at radius 2 is 1.93 bits per heavy atom. The molecule has 1 aliphatic heterocycles. The van der Waals surface area contributed by atoms with Crippen molar-refractivity contribution >= 4 is 35.2 Å². The molecule has 7 heteroatoms. The summed E-state index contributed by atoms with van der Waals surface area (Å²) >= 11 is 7.10. The molecule has 2 N–H and O–H groups in total. The van der Waals surface area contributed by atoms with E-state index in [2.05, 4.69) is 16.7 Å². The molecule has 0 unspecified atom stereocenters. The van der Waals surface area contributed by atoms with Crippen molar-refractivity contribution in [3.8, 4) is 6.07 Å². The number of nitrogens with one attached hydrogen (secondary N) is 2. The van der Waals surface area contributed by atoms with Gasteiger partial charge in [0.2, 0.25) is 11.8 Å². The second-order valence-electron chi connectivity index (χ2n) is 6.26. The fourth-order valence-electron chi connectivity index (χ4n) is 2.90. The van der Waals surface area contributed by atoms with E-state index in [0.717, 1.165) is 11.1 Å². The third-order valence-corrected chi connectivity index (χ3v) is 5.58. The van der Waals surface area contributed by atoms with Crippen LogP contribution in [0, 0.1) is 11.3 Å². The van der Waals surface area contributed by atoms with Crippen LogP contribution in [0.2, 0.25) is 5.02 Å². The molecule has 3 rings (SSSR count). The van der Waals surface area contributed by atoms with Gasteiger partial charge < -0.3 is 10.6 Å². The van der Waals surface area contributed by atoms with Crippen LogP contribution >= 0.6 is 23.4 Å². The number of benzene rings is 2. The van der Waals surface area contributed by atoms with Crippen molar-refractivity contribution in [3.05, 3.63) is 81.3 Å². The van der Waals surface area contributed by atoms with E-state index in [1.54, 1.807) is 12.1 Å². The molecule has 0 aromatic heterocycles. The highest BCUT2D eigenvalue weighted by molar-refractivity contribution is 8.03. The smallest absolute Gasteiger partial charge is 0.230 e. The van der Waals surface area contributed by atoms with Crippen molar-refractivity contribution in [2.45, 2.75) is 18.9 Å². The summed E-state index contributed by atoms with van der Waals surface area (Å²) in [5, 5.41) is 16.3. The van der Waals surface area contributed by atoms with Crippen LogP contribution in [0.4, 0.5) is 0 Å². The average molecular weight is 412 g/mol. The highest BCUT2D eigenvalue weighted by atomic mass is 35.5. The van der Waals surface area contributed by atoms with E-state index in [4.69, 9.17) is 11.6 Å². The zero-order valence-electron chi connectivity index (χ0n) is 14.9. The van der Waals surface area contributed by atoms with Gasteiger partial charge in [-0.05, 0) is 23.3 Å². The van der Waals surface area contributed by atoms with Gasteiger partial charge in [0.25, 0.3) is 0 Å². The number of hydrogen-bond acceptors (Lipinski definition) is 4. The van der Waals surface area contributed by atoms with Crippen LogP contribution in [0.1, 0.15) is 23.5 Å². The van der Waals surface area contributed by atoms with Gasteiger partial charge in [0.15, 0.2) is 0 Å². The van der Waals surface area contributed by atoms with Crippen molar-refractivity contribution in [1.29, 1.82) is 5.26 Å². The van der Waals surface area contributed by atoms with Gasteiger partial charge in [-0.25, -0.2) is 0 Å². The van der Waals surface area contributed by atoms with Crippen LogP contribution in [0.5, 0.6) is 0 Å². The summed E-state index contributed by atoms with van der Waals surface area (Å²) in [6.45, 7) is 0.435. The highest BCUT2D eigenvalue weighted by Gasteiger charge is 2.29. The van der Waals surface area contributed by atoms with Crippen molar-refractivity contribution < 1.29 is 9.59 Å². The van der Waals surface area contributed by atoms with E-state index in [9.17, 15) is 14.9 Å². The predicted molar refractivity (Wildman–Crippen MR) is 110 cm³/mol. The van der Waals surface area contributed by atoms with Crippen LogP contribution in [0.3, 0.4) is 0 Å². The molecule has 2 aromatic rings. The summed E-state index contributed by atoms with van der Waals surface area (Å²) in [7, 11) is 0. The number of hydrogen-bond donors (Lipinski definition) is 2. The summed E-state index contributed by atoms with van der Waals surface area (Å²) in [5.74, 6) is -0.570. The van der Waals surface area contributed by atoms with Crippen LogP contribution in [0.25, 0.3) is 0 Å². The van der Waals surface area contributed by atoms with Crippen molar-refractivity contribution in [1.82, 2.24) is 10.6 Å². The Hall–Kier alpha value is -2.75. The maximum atomic E-state index is 12.2. The lowest BCUT2D eigenvalue weighted by molar-refractivity contribution is -0.121. The minimum Gasteiger partial charge on any atom is -0.351 e. The molecule has 142 valence electrons. The number of nitriles is 1. The number of thioether (sulfide) groups is 1. The lowest BCUT2D eigenvalue weighted by Gasteiger charge is -2.25. The summed E-state index contributed by atoms with van der Waals surface area (Å²) in [5.41, 5.74) is 2.32. The van der Waals surface area contributed by atoms with Gasteiger partial charge in [0, 0.05) is 23.9 Å². The van der Waals surface area contributed by atoms with Crippen molar-refractivity contribution in [2.24, 2.45) is 0 Å². The Bertz CT molecular complexity index is 936. The second-order valence-corrected chi connectivity index (χ2v) is 7.68. The van der Waals surface area contributed by atoms with Gasteiger partial charge in [-0.1, -0.05) is 65.8 Å². The molecule has 0 saturated carbocycles. The van der Waals surface area contributed by atoms with E-state index in [0.29, 0.717) is 22.2 Å². The Labute approximate surface area is 172 Å².